The summed E-state index contributed by atoms with van der Waals surface area (Å²) in [5.41, 5.74) is 0. The lowest BCUT2D eigenvalue weighted by Crippen LogP contribution is -2.42. The first kappa shape index (κ1) is 15.5. The number of carboxylic acids is 1. The van der Waals surface area contributed by atoms with Crippen molar-refractivity contribution >= 4 is 29.1 Å². The Balaban J connectivity index is 1.84. The van der Waals surface area contributed by atoms with Gasteiger partial charge in [-0.05, 0) is 31.9 Å². The SMILES string of the molecule is Cc1ccc(C(=O)NCC(=O)N(CCC(=O)O)C2CC2)s1. The van der Waals surface area contributed by atoms with Crippen LogP contribution in [-0.2, 0) is 9.59 Å². The number of carbonyl (C=O) groups excluding carboxylic acids is 2. The van der Waals surface area contributed by atoms with Crippen LogP contribution in [0, 0.1) is 6.92 Å². The van der Waals surface area contributed by atoms with Gasteiger partial charge in [0.2, 0.25) is 5.91 Å². The van der Waals surface area contributed by atoms with E-state index in [1.165, 1.54) is 11.3 Å². The Bertz CT molecular complexity index is 551. The van der Waals surface area contributed by atoms with Crippen molar-refractivity contribution in [1.82, 2.24) is 10.2 Å². The van der Waals surface area contributed by atoms with Gasteiger partial charge in [-0.2, -0.15) is 0 Å². The molecule has 0 spiro atoms. The zero-order valence-corrected chi connectivity index (χ0v) is 12.6. The third-order valence-corrected chi connectivity index (χ3v) is 4.24. The number of thiophene rings is 1. The average molecular weight is 310 g/mol. The summed E-state index contributed by atoms with van der Waals surface area (Å²) < 4.78 is 0. The first-order valence-corrected chi connectivity index (χ1v) is 7.65. The summed E-state index contributed by atoms with van der Waals surface area (Å²) in [6.45, 7) is 2.02. The second-order valence-corrected chi connectivity index (χ2v) is 6.34. The molecule has 1 aliphatic carbocycles. The molecule has 6 nitrogen and oxygen atoms in total. The molecule has 0 bridgehead atoms. The molecule has 2 amide bonds. The van der Waals surface area contributed by atoms with Crippen molar-refractivity contribution < 1.29 is 19.5 Å². The van der Waals surface area contributed by atoms with Gasteiger partial charge in [-0.15, -0.1) is 11.3 Å². The van der Waals surface area contributed by atoms with E-state index in [9.17, 15) is 14.4 Å². The van der Waals surface area contributed by atoms with Crippen LogP contribution in [0.15, 0.2) is 12.1 Å². The maximum atomic E-state index is 12.1. The van der Waals surface area contributed by atoms with Crippen LogP contribution in [0.3, 0.4) is 0 Å². The topological polar surface area (TPSA) is 86.7 Å². The predicted octanol–water partition coefficient (Wildman–Crippen LogP) is 1.25. The Labute approximate surface area is 126 Å². The van der Waals surface area contributed by atoms with Gasteiger partial charge in [0.1, 0.15) is 0 Å². The number of aryl methyl sites for hydroxylation is 1. The molecule has 2 N–H and O–H groups in total. The number of hydrogen-bond donors (Lipinski definition) is 2. The van der Waals surface area contributed by atoms with Crippen LogP contribution in [-0.4, -0.2) is 46.9 Å². The van der Waals surface area contributed by atoms with Crippen molar-refractivity contribution in [3.05, 3.63) is 21.9 Å². The monoisotopic (exact) mass is 310 g/mol. The number of rotatable bonds is 7. The number of amides is 2. The Morgan fingerprint density at radius 2 is 2.10 bits per heavy atom. The van der Waals surface area contributed by atoms with Gasteiger partial charge < -0.3 is 15.3 Å². The molecule has 0 atom stereocenters. The summed E-state index contributed by atoms with van der Waals surface area (Å²) in [6, 6.07) is 3.71. The minimum Gasteiger partial charge on any atom is -0.481 e. The molecule has 1 fully saturated rings. The van der Waals surface area contributed by atoms with Gasteiger partial charge in [0.15, 0.2) is 0 Å². The second-order valence-electron chi connectivity index (χ2n) is 5.06. The average Bonchev–Trinajstić information content (AvgIpc) is 3.17. The zero-order valence-electron chi connectivity index (χ0n) is 11.8. The molecule has 7 heteroatoms. The molecule has 0 unspecified atom stereocenters. The highest BCUT2D eigenvalue weighted by molar-refractivity contribution is 7.13. The van der Waals surface area contributed by atoms with E-state index >= 15 is 0 Å². The van der Waals surface area contributed by atoms with Crippen LogP contribution in [0.5, 0.6) is 0 Å². The predicted molar refractivity (Wildman–Crippen MR) is 78.4 cm³/mol. The molecule has 2 rings (SSSR count). The van der Waals surface area contributed by atoms with Crippen LogP contribution in [0.4, 0.5) is 0 Å². The van der Waals surface area contributed by atoms with Crippen LogP contribution in [0.25, 0.3) is 0 Å². The van der Waals surface area contributed by atoms with E-state index < -0.39 is 5.97 Å². The van der Waals surface area contributed by atoms with Crippen LogP contribution in [0.2, 0.25) is 0 Å². The number of carbonyl (C=O) groups is 3. The smallest absolute Gasteiger partial charge is 0.305 e. The maximum absolute atomic E-state index is 12.1. The van der Waals surface area contributed by atoms with E-state index in [-0.39, 0.29) is 37.4 Å². The van der Waals surface area contributed by atoms with Gasteiger partial charge in [-0.25, -0.2) is 0 Å². The van der Waals surface area contributed by atoms with Crippen LogP contribution >= 0.6 is 11.3 Å². The number of hydrogen-bond acceptors (Lipinski definition) is 4. The number of aliphatic carboxylic acids is 1. The largest absolute Gasteiger partial charge is 0.481 e. The van der Waals surface area contributed by atoms with E-state index in [4.69, 9.17) is 5.11 Å². The Hall–Kier alpha value is -1.89. The molecule has 0 saturated heterocycles. The molecule has 1 aromatic rings. The summed E-state index contributed by atoms with van der Waals surface area (Å²) in [5.74, 6) is -1.41. The van der Waals surface area contributed by atoms with Crippen molar-refractivity contribution in [2.45, 2.75) is 32.2 Å². The van der Waals surface area contributed by atoms with Crippen molar-refractivity contribution in [2.75, 3.05) is 13.1 Å². The van der Waals surface area contributed by atoms with Gasteiger partial charge in [-0.1, -0.05) is 0 Å². The molecule has 1 aromatic heterocycles. The van der Waals surface area contributed by atoms with Gasteiger partial charge in [0.05, 0.1) is 17.8 Å². The molecular formula is C14H18N2O4S. The molecular weight excluding hydrogens is 292 g/mol. The van der Waals surface area contributed by atoms with E-state index in [1.54, 1.807) is 11.0 Å². The number of nitrogens with zero attached hydrogens (tertiary/aromatic N) is 1. The first-order valence-electron chi connectivity index (χ1n) is 6.83. The number of nitrogens with one attached hydrogen (secondary N) is 1. The van der Waals surface area contributed by atoms with Crippen LogP contribution in [0.1, 0.15) is 33.8 Å². The van der Waals surface area contributed by atoms with E-state index in [0.717, 1.165) is 17.7 Å². The van der Waals surface area contributed by atoms with Crippen molar-refractivity contribution in [3.8, 4) is 0 Å². The third kappa shape index (κ3) is 4.56. The van der Waals surface area contributed by atoms with Crippen molar-refractivity contribution in [3.63, 3.8) is 0 Å². The molecule has 1 saturated carbocycles. The fourth-order valence-electron chi connectivity index (χ4n) is 2.01. The summed E-state index contributed by atoms with van der Waals surface area (Å²) >= 11 is 1.37. The zero-order chi connectivity index (χ0) is 15.4. The molecule has 0 aliphatic heterocycles. The minimum atomic E-state index is -0.924. The first-order chi connectivity index (χ1) is 9.97. The Morgan fingerprint density at radius 1 is 1.38 bits per heavy atom. The van der Waals surface area contributed by atoms with Gasteiger partial charge in [0, 0.05) is 17.5 Å². The van der Waals surface area contributed by atoms with E-state index in [0.29, 0.717) is 4.88 Å². The van der Waals surface area contributed by atoms with Crippen molar-refractivity contribution in [1.29, 1.82) is 0 Å². The lowest BCUT2D eigenvalue weighted by atomic mass is 10.3. The highest BCUT2D eigenvalue weighted by Gasteiger charge is 2.32. The molecule has 0 radical (unpaired) electrons. The van der Waals surface area contributed by atoms with Crippen molar-refractivity contribution in [2.24, 2.45) is 0 Å². The molecule has 0 aromatic carbocycles. The van der Waals surface area contributed by atoms with E-state index in [2.05, 4.69) is 5.32 Å². The molecule has 1 aliphatic rings. The lowest BCUT2D eigenvalue weighted by Gasteiger charge is -2.21. The maximum Gasteiger partial charge on any atom is 0.305 e. The summed E-state index contributed by atoms with van der Waals surface area (Å²) in [7, 11) is 0. The fourth-order valence-corrected chi connectivity index (χ4v) is 2.80. The summed E-state index contributed by atoms with van der Waals surface area (Å²) in [6.07, 6.45) is 1.74. The highest BCUT2D eigenvalue weighted by atomic mass is 32.1. The third-order valence-electron chi connectivity index (χ3n) is 3.24. The highest BCUT2D eigenvalue weighted by Crippen LogP contribution is 2.26. The minimum absolute atomic E-state index is 0.0691. The normalized spacial score (nSPS) is 13.8. The van der Waals surface area contributed by atoms with E-state index in [1.807, 2.05) is 13.0 Å². The van der Waals surface area contributed by atoms with Crippen LogP contribution < -0.4 is 5.32 Å². The molecule has 114 valence electrons. The summed E-state index contributed by atoms with van der Waals surface area (Å²) in [5, 5.41) is 11.3. The Morgan fingerprint density at radius 3 is 2.62 bits per heavy atom. The standard InChI is InChI=1S/C14H18N2O4S/c1-9-2-5-11(21-9)14(20)15-8-12(17)16(10-3-4-10)7-6-13(18)19/h2,5,10H,3-4,6-8H2,1H3,(H,15,20)(H,18,19). The quantitative estimate of drug-likeness (QED) is 0.793. The lowest BCUT2D eigenvalue weighted by molar-refractivity contribution is -0.138. The second kappa shape index (κ2) is 6.71. The fraction of sp³-hybridized carbons (Fsp3) is 0.500. The Kier molecular flexibility index (Phi) is 4.95. The molecule has 1 heterocycles. The summed E-state index contributed by atoms with van der Waals surface area (Å²) in [4.78, 5) is 37.8. The van der Waals surface area contributed by atoms with Gasteiger partial charge >= 0.3 is 5.97 Å². The number of carboxylic acid groups (broad SMARTS) is 1. The van der Waals surface area contributed by atoms with Gasteiger partial charge in [-0.3, -0.25) is 14.4 Å². The van der Waals surface area contributed by atoms with Gasteiger partial charge in [0.25, 0.3) is 5.91 Å². The molecule has 21 heavy (non-hydrogen) atoms.